The van der Waals surface area contributed by atoms with Crippen molar-refractivity contribution in [3.05, 3.63) is 65.9 Å². The molecule has 2 N–H and O–H groups in total. The summed E-state index contributed by atoms with van der Waals surface area (Å²) in [5, 5.41) is 10.2. The average Bonchev–Trinajstić information content (AvgIpc) is 2.83. The summed E-state index contributed by atoms with van der Waals surface area (Å²) < 4.78 is 32.3. The first kappa shape index (κ1) is 26.6. The van der Waals surface area contributed by atoms with Crippen LogP contribution in [0.15, 0.2) is 59.5 Å². The summed E-state index contributed by atoms with van der Waals surface area (Å²) in [5.74, 6) is -1.06. The lowest BCUT2D eigenvalue weighted by molar-refractivity contribution is -0.161. The van der Waals surface area contributed by atoms with E-state index in [4.69, 9.17) is 4.74 Å². The molecule has 4 rings (SSSR count). The number of likely N-dealkylation sites (tertiary alicyclic amines) is 1. The monoisotopic (exact) mass is 525 g/mol. The van der Waals surface area contributed by atoms with E-state index >= 15 is 0 Å². The highest BCUT2D eigenvalue weighted by atomic mass is 32.2. The molecule has 9 nitrogen and oxygen atoms in total. The summed E-state index contributed by atoms with van der Waals surface area (Å²) in [4.78, 5) is 31.0. The van der Waals surface area contributed by atoms with Gasteiger partial charge in [-0.05, 0) is 43.3 Å². The van der Waals surface area contributed by atoms with Crippen molar-refractivity contribution in [3.8, 4) is 5.75 Å². The van der Waals surface area contributed by atoms with E-state index in [2.05, 4.69) is 4.98 Å². The van der Waals surface area contributed by atoms with Gasteiger partial charge < -0.3 is 9.64 Å². The first-order valence-corrected chi connectivity index (χ1v) is 13.5. The van der Waals surface area contributed by atoms with E-state index in [9.17, 15) is 23.2 Å². The third kappa shape index (κ3) is 5.45. The number of carbonyl (C=O) groups is 2. The Morgan fingerprint density at radius 1 is 1.11 bits per heavy atom. The summed E-state index contributed by atoms with van der Waals surface area (Å²) in [6.45, 7) is 7.28. The Morgan fingerprint density at radius 3 is 2.38 bits per heavy atom. The number of benzene rings is 2. The average molecular weight is 526 g/mol. The van der Waals surface area contributed by atoms with Gasteiger partial charge in [0.1, 0.15) is 17.8 Å². The van der Waals surface area contributed by atoms with Gasteiger partial charge in [-0.3, -0.25) is 19.8 Å². The summed E-state index contributed by atoms with van der Waals surface area (Å²) in [5.41, 5.74) is 2.20. The molecule has 0 aliphatic carbocycles. The standard InChI is InChI=1S/C27H31N3O6S/c1-18-13-19(22-7-5-6-8-23(22)28-18)14-36-20-9-11-21(12-10-20)37(34,35)17-27(24(31)29-33)15-30(16-27)25(32)26(2,3)4/h5-13,33H,14-17H2,1-4H3,(H,29,31). The predicted molar refractivity (Wildman–Crippen MR) is 138 cm³/mol. The van der Waals surface area contributed by atoms with Gasteiger partial charge in [-0.1, -0.05) is 39.0 Å². The Bertz CT molecular complexity index is 1440. The van der Waals surface area contributed by atoms with Gasteiger partial charge in [0.05, 0.1) is 16.2 Å². The number of carbonyl (C=O) groups excluding carboxylic acids is 2. The number of pyridine rings is 1. The van der Waals surface area contributed by atoms with E-state index in [1.165, 1.54) is 17.0 Å². The fourth-order valence-electron chi connectivity index (χ4n) is 4.59. The summed E-state index contributed by atoms with van der Waals surface area (Å²) in [6.07, 6.45) is 0. The number of sulfone groups is 1. The maximum atomic E-state index is 13.2. The zero-order valence-corrected chi connectivity index (χ0v) is 22.1. The van der Waals surface area contributed by atoms with E-state index < -0.39 is 32.3 Å². The van der Waals surface area contributed by atoms with E-state index in [0.29, 0.717) is 5.75 Å². The number of nitrogens with one attached hydrogen (secondary N) is 1. The zero-order chi connectivity index (χ0) is 27.0. The third-order valence-electron chi connectivity index (χ3n) is 6.47. The minimum absolute atomic E-state index is 0.0239. The molecule has 37 heavy (non-hydrogen) atoms. The number of hydrogen-bond acceptors (Lipinski definition) is 7. The number of ether oxygens (including phenoxy) is 1. The summed E-state index contributed by atoms with van der Waals surface area (Å²) in [6, 6.07) is 15.7. The Hall–Kier alpha value is -3.50. The molecule has 0 saturated carbocycles. The fourth-order valence-corrected chi connectivity index (χ4v) is 6.35. The zero-order valence-electron chi connectivity index (χ0n) is 21.3. The lowest BCUT2D eigenvalue weighted by Gasteiger charge is -2.49. The van der Waals surface area contributed by atoms with Crippen LogP contribution in [0.3, 0.4) is 0 Å². The van der Waals surface area contributed by atoms with Crippen LogP contribution in [0.4, 0.5) is 0 Å². The number of hydroxylamine groups is 1. The van der Waals surface area contributed by atoms with Crippen molar-refractivity contribution < 1.29 is 28.0 Å². The highest BCUT2D eigenvalue weighted by molar-refractivity contribution is 7.91. The summed E-state index contributed by atoms with van der Waals surface area (Å²) in [7, 11) is -3.91. The van der Waals surface area contributed by atoms with Gasteiger partial charge in [0, 0.05) is 35.1 Å². The van der Waals surface area contributed by atoms with Gasteiger partial charge in [-0.2, -0.15) is 0 Å². The molecule has 2 amide bonds. The van der Waals surface area contributed by atoms with Crippen molar-refractivity contribution in [2.75, 3.05) is 18.8 Å². The molecular formula is C27H31N3O6S. The smallest absolute Gasteiger partial charge is 0.254 e. The lowest BCUT2D eigenvalue weighted by atomic mass is 9.79. The molecule has 1 fully saturated rings. The molecule has 1 aliphatic heterocycles. The lowest BCUT2D eigenvalue weighted by Crippen LogP contribution is -2.68. The first-order chi connectivity index (χ1) is 17.3. The maximum absolute atomic E-state index is 13.2. The van der Waals surface area contributed by atoms with E-state index in [1.807, 2.05) is 37.3 Å². The van der Waals surface area contributed by atoms with Crippen LogP contribution in [0.25, 0.3) is 10.9 Å². The van der Waals surface area contributed by atoms with Crippen molar-refractivity contribution in [1.82, 2.24) is 15.4 Å². The Labute approximate surface area is 216 Å². The van der Waals surface area contributed by atoms with Crippen molar-refractivity contribution in [1.29, 1.82) is 0 Å². The number of hydrogen-bond donors (Lipinski definition) is 2. The molecule has 2 aromatic carbocycles. The van der Waals surface area contributed by atoms with Crippen LogP contribution < -0.4 is 10.2 Å². The Kier molecular flexibility index (Phi) is 7.00. The first-order valence-electron chi connectivity index (χ1n) is 11.9. The molecule has 3 aromatic rings. The molecule has 2 heterocycles. The van der Waals surface area contributed by atoms with Crippen molar-refractivity contribution in [3.63, 3.8) is 0 Å². The Morgan fingerprint density at radius 2 is 1.76 bits per heavy atom. The maximum Gasteiger partial charge on any atom is 0.254 e. The van der Waals surface area contributed by atoms with Gasteiger partial charge in [0.15, 0.2) is 9.84 Å². The minimum atomic E-state index is -3.91. The van der Waals surface area contributed by atoms with E-state index in [1.54, 1.807) is 38.4 Å². The number of amides is 2. The van der Waals surface area contributed by atoms with Crippen LogP contribution in [-0.4, -0.2) is 54.2 Å². The molecule has 10 heteroatoms. The van der Waals surface area contributed by atoms with Gasteiger partial charge in [0.25, 0.3) is 5.91 Å². The van der Waals surface area contributed by atoms with Crippen LogP contribution in [-0.2, 0) is 26.0 Å². The number of para-hydroxylation sites is 1. The van der Waals surface area contributed by atoms with Crippen LogP contribution >= 0.6 is 0 Å². The molecule has 0 bridgehead atoms. The second-order valence-electron chi connectivity index (χ2n) is 10.6. The number of rotatable bonds is 7. The van der Waals surface area contributed by atoms with Crippen molar-refractivity contribution in [2.45, 2.75) is 39.2 Å². The van der Waals surface area contributed by atoms with Crippen LogP contribution in [0.2, 0.25) is 0 Å². The quantitative estimate of drug-likeness (QED) is 0.358. The second-order valence-corrected chi connectivity index (χ2v) is 12.6. The molecule has 1 aliphatic rings. The predicted octanol–water partition coefficient (Wildman–Crippen LogP) is 3.28. The molecular weight excluding hydrogens is 494 g/mol. The molecule has 196 valence electrons. The van der Waals surface area contributed by atoms with Gasteiger partial charge in [-0.15, -0.1) is 0 Å². The van der Waals surface area contributed by atoms with Crippen LogP contribution in [0.1, 0.15) is 32.0 Å². The molecule has 0 atom stereocenters. The van der Waals surface area contributed by atoms with Gasteiger partial charge >= 0.3 is 0 Å². The number of nitrogens with zero attached hydrogens (tertiary/aromatic N) is 2. The highest BCUT2D eigenvalue weighted by Gasteiger charge is 2.54. The van der Waals surface area contributed by atoms with Crippen molar-refractivity contribution >= 4 is 32.6 Å². The largest absolute Gasteiger partial charge is 0.489 e. The van der Waals surface area contributed by atoms with Crippen LogP contribution in [0, 0.1) is 17.8 Å². The van der Waals surface area contributed by atoms with E-state index in [0.717, 1.165) is 22.2 Å². The SMILES string of the molecule is Cc1cc(COc2ccc(S(=O)(=O)CC3(C(=O)NO)CN(C(=O)C(C)(C)C)C3)cc2)c2ccccc2n1. The molecule has 0 radical (unpaired) electrons. The molecule has 1 aromatic heterocycles. The fraction of sp³-hybridized carbons (Fsp3) is 0.370. The topological polar surface area (TPSA) is 126 Å². The van der Waals surface area contributed by atoms with Crippen molar-refractivity contribution in [2.24, 2.45) is 10.8 Å². The van der Waals surface area contributed by atoms with Crippen LogP contribution in [0.5, 0.6) is 5.75 Å². The third-order valence-corrected chi connectivity index (χ3v) is 8.40. The van der Waals surface area contributed by atoms with E-state index in [-0.39, 0.29) is 30.5 Å². The molecule has 0 unspecified atom stereocenters. The minimum Gasteiger partial charge on any atom is -0.489 e. The molecule has 0 spiro atoms. The van der Waals surface area contributed by atoms with Gasteiger partial charge in [0.2, 0.25) is 5.91 Å². The number of aryl methyl sites for hydroxylation is 1. The number of aromatic nitrogens is 1. The Balaban J connectivity index is 1.47. The number of fused-ring (bicyclic) bond motifs is 1. The van der Waals surface area contributed by atoms with Gasteiger partial charge in [-0.25, -0.2) is 13.9 Å². The summed E-state index contributed by atoms with van der Waals surface area (Å²) >= 11 is 0. The highest BCUT2D eigenvalue weighted by Crippen LogP contribution is 2.37. The normalized spacial score (nSPS) is 15.2. The second kappa shape index (κ2) is 9.75. The molecule has 1 saturated heterocycles.